The van der Waals surface area contributed by atoms with Crippen LogP contribution in [0.2, 0.25) is 5.02 Å². The summed E-state index contributed by atoms with van der Waals surface area (Å²) in [5, 5.41) is 0.686. The lowest BCUT2D eigenvalue weighted by atomic mass is 10.1. The summed E-state index contributed by atoms with van der Waals surface area (Å²) < 4.78 is 3.14. The number of benzene rings is 2. The third kappa shape index (κ3) is 2.54. The number of imidazole rings is 1. The number of nitrogens with two attached hydrogens (primary N) is 1. The topological polar surface area (TPSA) is 43.8 Å². The van der Waals surface area contributed by atoms with E-state index in [1.165, 1.54) is 0 Å². The molecule has 0 aliphatic carbocycles. The fourth-order valence-corrected chi connectivity index (χ4v) is 3.07. The molecular formula is C16H15BrClN3. The van der Waals surface area contributed by atoms with Crippen LogP contribution in [-0.4, -0.2) is 9.55 Å². The van der Waals surface area contributed by atoms with Crippen molar-refractivity contribution >= 4 is 44.3 Å². The van der Waals surface area contributed by atoms with Crippen molar-refractivity contribution in [2.45, 2.75) is 19.9 Å². The molecule has 0 atom stereocenters. The normalized spacial score (nSPS) is 11.5. The fourth-order valence-electron chi connectivity index (χ4n) is 2.52. The minimum absolute atomic E-state index is 0.272. The fraction of sp³-hybridized carbons (Fsp3) is 0.188. The molecule has 3 aromatic rings. The molecule has 21 heavy (non-hydrogen) atoms. The van der Waals surface area contributed by atoms with Crippen molar-refractivity contribution in [3.8, 4) is 11.4 Å². The van der Waals surface area contributed by atoms with Crippen LogP contribution in [-0.2, 0) is 0 Å². The number of hydrogen-bond donors (Lipinski definition) is 1. The molecule has 5 heteroatoms. The molecule has 3 nitrogen and oxygen atoms in total. The lowest BCUT2D eigenvalue weighted by Crippen LogP contribution is -2.04. The van der Waals surface area contributed by atoms with Gasteiger partial charge < -0.3 is 10.3 Å². The monoisotopic (exact) mass is 363 g/mol. The minimum Gasteiger partial charge on any atom is -0.398 e. The highest BCUT2D eigenvalue weighted by atomic mass is 79.9. The van der Waals surface area contributed by atoms with Gasteiger partial charge in [0.05, 0.1) is 11.0 Å². The average molecular weight is 365 g/mol. The summed E-state index contributed by atoms with van der Waals surface area (Å²) in [7, 11) is 0. The van der Waals surface area contributed by atoms with Gasteiger partial charge in [-0.1, -0.05) is 27.5 Å². The third-order valence-corrected chi connectivity index (χ3v) is 4.15. The molecule has 0 unspecified atom stereocenters. The van der Waals surface area contributed by atoms with Gasteiger partial charge in [0.25, 0.3) is 0 Å². The van der Waals surface area contributed by atoms with Crippen LogP contribution >= 0.6 is 27.5 Å². The summed E-state index contributed by atoms with van der Waals surface area (Å²) in [5.41, 5.74) is 9.74. The van der Waals surface area contributed by atoms with Crippen molar-refractivity contribution in [2.24, 2.45) is 0 Å². The maximum atomic E-state index is 6.16. The van der Waals surface area contributed by atoms with Gasteiger partial charge >= 0.3 is 0 Å². The first-order chi connectivity index (χ1) is 9.97. The average Bonchev–Trinajstić information content (AvgIpc) is 2.76. The van der Waals surface area contributed by atoms with E-state index in [4.69, 9.17) is 22.3 Å². The van der Waals surface area contributed by atoms with Crippen molar-refractivity contribution in [1.82, 2.24) is 9.55 Å². The Balaban J connectivity index is 2.33. The molecule has 0 aliphatic rings. The van der Waals surface area contributed by atoms with Crippen molar-refractivity contribution in [3.05, 3.63) is 45.9 Å². The maximum Gasteiger partial charge on any atom is 0.143 e. The second-order valence-corrected chi connectivity index (χ2v) is 6.62. The van der Waals surface area contributed by atoms with Crippen LogP contribution in [0.25, 0.3) is 22.4 Å². The second-order valence-electron chi connectivity index (χ2n) is 5.26. The summed E-state index contributed by atoms with van der Waals surface area (Å²) in [6, 6.07) is 11.9. The molecule has 0 saturated heterocycles. The van der Waals surface area contributed by atoms with Gasteiger partial charge in [0.15, 0.2) is 0 Å². The molecular weight excluding hydrogens is 350 g/mol. The molecule has 0 saturated carbocycles. The number of nitrogens with zero attached hydrogens (tertiary/aromatic N) is 2. The summed E-state index contributed by atoms with van der Waals surface area (Å²) >= 11 is 9.51. The SMILES string of the molecule is CC(C)n1c(-c2ccc(Br)cc2N)nc2cc(Cl)ccc21. The van der Waals surface area contributed by atoms with E-state index in [1.54, 1.807) is 0 Å². The van der Waals surface area contributed by atoms with Crippen molar-refractivity contribution in [1.29, 1.82) is 0 Å². The largest absolute Gasteiger partial charge is 0.398 e. The first kappa shape index (κ1) is 14.4. The van der Waals surface area contributed by atoms with E-state index in [2.05, 4.69) is 34.3 Å². The van der Waals surface area contributed by atoms with Gasteiger partial charge in [0.2, 0.25) is 0 Å². The van der Waals surface area contributed by atoms with E-state index in [0.29, 0.717) is 10.7 Å². The van der Waals surface area contributed by atoms with Crippen LogP contribution in [0.3, 0.4) is 0 Å². The lowest BCUT2D eigenvalue weighted by molar-refractivity contribution is 0.624. The smallest absolute Gasteiger partial charge is 0.143 e. The Kier molecular flexibility index (Phi) is 3.68. The van der Waals surface area contributed by atoms with Crippen LogP contribution in [0.5, 0.6) is 0 Å². The van der Waals surface area contributed by atoms with E-state index >= 15 is 0 Å². The van der Waals surface area contributed by atoms with Crippen LogP contribution in [0.15, 0.2) is 40.9 Å². The summed E-state index contributed by atoms with van der Waals surface area (Å²) in [4.78, 5) is 4.74. The number of aromatic nitrogens is 2. The molecule has 1 aromatic heterocycles. The molecule has 108 valence electrons. The summed E-state index contributed by atoms with van der Waals surface area (Å²) in [5.74, 6) is 0.868. The first-order valence-electron chi connectivity index (χ1n) is 6.70. The Morgan fingerprint density at radius 3 is 2.62 bits per heavy atom. The van der Waals surface area contributed by atoms with Gasteiger partial charge in [-0.15, -0.1) is 0 Å². The van der Waals surface area contributed by atoms with Gasteiger partial charge in [0, 0.05) is 26.8 Å². The summed E-state index contributed by atoms with van der Waals surface area (Å²) in [6.07, 6.45) is 0. The highest BCUT2D eigenvalue weighted by Gasteiger charge is 2.17. The van der Waals surface area contributed by atoms with Crippen molar-refractivity contribution in [2.75, 3.05) is 5.73 Å². The van der Waals surface area contributed by atoms with E-state index in [0.717, 1.165) is 26.9 Å². The molecule has 0 fully saturated rings. The molecule has 3 rings (SSSR count). The number of anilines is 1. The Hall–Kier alpha value is -1.52. The number of fused-ring (bicyclic) bond motifs is 1. The maximum absolute atomic E-state index is 6.16. The molecule has 2 aromatic carbocycles. The predicted octanol–water partition coefficient (Wildman–Crippen LogP) is 5.28. The van der Waals surface area contributed by atoms with Crippen molar-refractivity contribution < 1.29 is 0 Å². The van der Waals surface area contributed by atoms with Gasteiger partial charge in [-0.25, -0.2) is 4.98 Å². The number of nitrogen functional groups attached to an aromatic ring is 1. The van der Waals surface area contributed by atoms with Gasteiger partial charge in [-0.3, -0.25) is 0 Å². The van der Waals surface area contributed by atoms with E-state index < -0.39 is 0 Å². The van der Waals surface area contributed by atoms with Crippen LogP contribution < -0.4 is 5.73 Å². The Morgan fingerprint density at radius 2 is 1.95 bits per heavy atom. The number of hydrogen-bond acceptors (Lipinski definition) is 2. The quantitative estimate of drug-likeness (QED) is 0.628. The number of rotatable bonds is 2. The molecule has 2 N–H and O–H groups in total. The van der Waals surface area contributed by atoms with Gasteiger partial charge in [-0.05, 0) is 50.2 Å². The van der Waals surface area contributed by atoms with E-state index in [1.807, 2.05) is 36.4 Å². The molecule has 0 amide bonds. The third-order valence-electron chi connectivity index (χ3n) is 3.42. The summed E-state index contributed by atoms with van der Waals surface area (Å²) in [6.45, 7) is 4.27. The zero-order valence-corrected chi connectivity index (χ0v) is 14.1. The minimum atomic E-state index is 0.272. The lowest BCUT2D eigenvalue weighted by Gasteiger charge is -2.14. The molecule has 0 spiro atoms. The first-order valence-corrected chi connectivity index (χ1v) is 7.87. The van der Waals surface area contributed by atoms with E-state index in [-0.39, 0.29) is 6.04 Å². The predicted molar refractivity (Wildman–Crippen MR) is 92.7 cm³/mol. The highest BCUT2D eigenvalue weighted by molar-refractivity contribution is 9.10. The van der Waals surface area contributed by atoms with Crippen LogP contribution in [0, 0.1) is 0 Å². The Labute approximate surface area is 136 Å². The zero-order valence-electron chi connectivity index (χ0n) is 11.8. The highest BCUT2D eigenvalue weighted by Crippen LogP contribution is 2.33. The van der Waals surface area contributed by atoms with Crippen LogP contribution in [0.4, 0.5) is 5.69 Å². The van der Waals surface area contributed by atoms with E-state index in [9.17, 15) is 0 Å². The van der Waals surface area contributed by atoms with Crippen LogP contribution in [0.1, 0.15) is 19.9 Å². The number of halogens is 2. The van der Waals surface area contributed by atoms with Crippen molar-refractivity contribution in [3.63, 3.8) is 0 Å². The second kappa shape index (κ2) is 5.35. The zero-order chi connectivity index (χ0) is 15.1. The Morgan fingerprint density at radius 1 is 1.19 bits per heavy atom. The standard InChI is InChI=1S/C16H15BrClN3/c1-9(2)21-15-6-4-11(18)8-14(15)20-16(21)12-5-3-10(17)7-13(12)19/h3-9H,19H2,1-2H3. The molecule has 0 aliphatic heterocycles. The molecule has 0 radical (unpaired) electrons. The van der Waals surface area contributed by atoms with Gasteiger partial charge in [0.1, 0.15) is 5.82 Å². The Bertz CT molecular complexity index is 824. The molecule has 0 bridgehead atoms. The van der Waals surface area contributed by atoms with Gasteiger partial charge in [-0.2, -0.15) is 0 Å². The molecule has 1 heterocycles.